The van der Waals surface area contributed by atoms with Crippen molar-refractivity contribution in [1.29, 1.82) is 0 Å². The standard InChI is InChI=1S/C19H17N3O2/c23-17-8-4-7-15-10-11-16(21-19(15)17)13-20-22-18(24)12-9-14-5-2-1-3-6-14/h1-8,10-11,13,23H,9,12H2,(H,22,24). The molecule has 1 heterocycles. The quantitative estimate of drug-likeness (QED) is 0.561. The van der Waals surface area contributed by atoms with Gasteiger partial charge in [0.1, 0.15) is 11.3 Å². The minimum atomic E-state index is -0.154. The van der Waals surface area contributed by atoms with Crippen molar-refractivity contribution >= 4 is 23.0 Å². The number of aryl methyl sites for hydroxylation is 1. The SMILES string of the molecule is O=C(CCc1ccccc1)NN=Cc1ccc2cccc(O)c2n1. The second kappa shape index (κ2) is 7.37. The van der Waals surface area contributed by atoms with Crippen molar-refractivity contribution in [2.24, 2.45) is 5.10 Å². The molecule has 0 saturated heterocycles. The number of fused-ring (bicyclic) bond motifs is 1. The topological polar surface area (TPSA) is 74.6 Å². The monoisotopic (exact) mass is 319 g/mol. The van der Waals surface area contributed by atoms with Crippen LogP contribution in [0.25, 0.3) is 10.9 Å². The molecular formula is C19H17N3O2. The lowest BCUT2D eigenvalue weighted by Crippen LogP contribution is -2.18. The van der Waals surface area contributed by atoms with Gasteiger partial charge in [0.15, 0.2) is 0 Å². The Morgan fingerprint density at radius 1 is 1.08 bits per heavy atom. The van der Waals surface area contributed by atoms with Crippen LogP contribution in [0.5, 0.6) is 5.75 Å². The van der Waals surface area contributed by atoms with Gasteiger partial charge in [0.25, 0.3) is 0 Å². The Morgan fingerprint density at radius 2 is 1.92 bits per heavy atom. The number of aromatic nitrogens is 1. The van der Waals surface area contributed by atoms with Crippen LogP contribution in [0.2, 0.25) is 0 Å². The predicted molar refractivity (Wildman–Crippen MR) is 93.9 cm³/mol. The van der Waals surface area contributed by atoms with E-state index in [4.69, 9.17) is 0 Å². The molecule has 1 amide bonds. The summed E-state index contributed by atoms with van der Waals surface area (Å²) in [5.41, 5.74) is 4.68. The van der Waals surface area contributed by atoms with E-state index in [0.717, 1.165) is 10.9 Å². The van der Waals surface area contributed by atoms with Crippen LogP contribution in [0.15, 0.2) is 65.8 Å². The molecule has 0 atom stereocenters. The number of hydrazone groups is 1. The van der Waals surface area contributed by atoms with E-state index in [1.54, 1.807) is 18.2 Å². The summed E-state index contributed by atoms with van der Waals surface area (Å²) >= 11 is 0. The summed E-state index contributed by atoms with van der Waals surface area (Å²) in [6.07, 6.45) is 2.50. The van der Waals surface area contributed by atoms with Crippen LogP contribution in [0.3, 0.4) is 0 Å². The van der Waals surface area contributed by atoms with E-state index in [-0.39, 0.29) is 11.7 Å². The third-order valence-electron chi connectivity index (χ3n) is 3.59. The van der Waals surface area contributed by atoms with Gasteiger partial charge in [-0.1, -0.05) is 48.5 Å². The number of hydrogen-bond acceptors (Lipinski definition) is 4. The largest absolute Gasteiger partial charge is 0.506 e. The number of pyridine rings is 1. The summed E-state index contributed by atoms with van der Waals surface area (Å²) in [5, 5.41) is 14.6. The van der Waals surface area contributed by atoms with E-state index in [0.29, 0.717) is 24.1 Å². The fourth-order valence-corrected chi connectivity index (χ4v) is 2.35. The Balaban J connectivity index is 1.58. The van der Waals surface area contributed by atoms with E-state index in [9.17, 15) is 9.90 Å². The fourth-order valence-electron chi connectivity index (χ4n) is 2.35. The molecule has 0 bridgehead atoms. The number of phenolic OH excluding ortho intramolecular Hbond substituents is 1. The van der Waals surface area contributed by atoms with Gasteiger partial charge in [0, 0.05) is 11.8 Å². The molecule has 2 aromatic carbocycles. The number of phenols is 1. The Hall–Kier alpha value is -3.21. The maximum atomic E-state index is 11.8. The number of benzene rings is 2. The minimum absolute atomic E-state index is 0.120. The first-order valence-electron chi connectivity index (χ1n) is 7.67. The summed E-state index contributed by atoms with van der Waals surface area (Å²) in [6.45, 7) is 0. The molecule has 5 nitrogen and oxygen atoms in total. The zero-order valence-corrected chi connectivity index (χ0v) is 13.0. The van der Waals surface area contributed by atoms with E-state index in [2.05, 4.69) is 15.5 Å². The molecule has 2 N–H and O–H groups in total. The van der Waals surface area contributed by atoms with Crippen LogP contribution >= 0.6 is 0 Å². The third-order valence-corrected chi connectivity index (χ3v) is 3.59. The summed E-state index contributed by atoms with van der Waals surface area (Å²) in [7, 11) is 0. The van der Waals surface area contributed by atoms with Gasteiger partial charge in [-0.15, -0.1) is 0 Å². The number of rotatable bonds is 5. The van der Waals surface area contributed by atoms with Crippen LogP contribution in [0, 0.1) is 0 Å². The molecule has 3 rings (SSSR count). The van der Waals surface area contributed by atoms with Gasteiger partial charge >= 0.3 is 0 Å². The molecule has 0 fully saturated rings. The lowest BCUT2D eigenvalue weighted by molar-refractivity contribution is -0.121. The van der Waals surface area contributed by atoms with Crippen LogP contribution in [-0.4, -0.2) is 22.2 Å². The summed E-state index contributed by atoms with van der Waals surface area (Å²) in [6, 6.07) is 18.7. The number of carbonyl (C=O) groups is 1. The molecule has 5 heteroatoms. The number of amides is 1. The summed E-state index contributed by atoms with van der Waals surface area (Å²) < 4.78 is 0. The summed E-state index contributed by atoms with van der Waals surface area (Å²) in [5.74, 6) is -0.0339. The highest BCUT2D eigenvalue weighted by molar-refractivity contribution is 5.88. The normalized spacial score (nSPS) is 11.0. The second-order valence-corrected chi connectivity index (χ2v) is 5.36. The number of carbonyl (C=O) groups excluding carboxylic acids is 1. The van der Waals surface area contributed by atoms with E-state index in [1.165, 1.54) is 6.21 Å². The maximum absolute atomic E-state index is 11.8. The van der Waals surface area contributed by atoms with Gasteiger partial charge in [0.2, 0.25) is 5.91 Å². The van der Waals surface area contributed by atoms with Crippen molar-refractivity contribution in [1.82, 2.24) is 10.4 Å². The van der Waals surface area contributed by atoms with Crippen LogP contribution in [-0.2, 0) is 11.2 Å². The third kappa shape index (κ3) is 3.95. The van der Waals surface area contributed by atoms with Crippen molar-refractivity contribution in [3.63, 3.8) is 0 Å². The molecule has 0 unspecified atom stereocenters. The van der Waals surface area contributed by atoms with Gasteiger partial charge in [-0.25, -0.2) is 10.4 Å². The van der Waals surface area contributed by atoms with Crippen LogP contribution in [0.4, 0.5) is 0 Å². The first kappa shape index (κ1) is 15.7. The van der Waals surface area contributed by atoms with Crippen molar-refractivity contribution in [2.75, 3.05) is 0 Å². The average Bonchev–Trinajstić information content (AvgIpc) is 2.61. The molecule has 0 radical (unpaired) electrons. The number of aromatic hydroxyl groups is 1. The van der Waals surface area contributed by atoms with Crippen LogP contribution in [0.1, 0.15) is 17.7 Å². The van der Waals surface area contributed by atoms with E-state index < -0.39 is 0 Å². The molecule has 0 aliphatic rings. The van der Waals surface area contributed by atoms with Gasteiger partial charge in [0.05, 0.1) is 11.9 Å². The molecule has 1 aromatic heterocycles. The highest BCUT2D eigenvalue weighted by atomic mass is 16.3. The lowest BCUT2D eigenvalue weighted by Gasteiger charge is -2.02. The first-order valence-corrected chi connectivity index (χ1v) is 7.67. The summed E-state index contributed by atoms with van der Waals surface area (Å²) in [4.78, 5) is 16.1. The van der Waals surface area contributed by atoms with Crippen molar-refractivity contribution in [3.05, 3.63) is 71.9 Å². The van der Waals surface area contributed by atoms with E-state index in [1.807, 2.05) is 42.5 Å². The predicted octanol–water partition coefficient (Wildman–Crippen LogP) is 3.02. The number of hydrogen-bond donors (Lipinski definition) is 2. The van der Waals surface area contributed by atoms with Gasteiger partial charge in [-0.05, 0) is 24.1 Å². The Kier molecular flexibility index (Phi) is 4.81. The zero-order chi connectivity index (χ0) is 16.8. The smallest absolute Gasteiger partial charge is 0.240 e. The maximum Gasteiger partial charge on any atom is 0.240 e. The lowest BCUT2D eigenvalue weighted by atomic mass is 10.1. The zero-order valence-electron chi connectivity index (χ0n) is 13.0. The minimum Gasteiger partial charge on any atom is -0.506 e. The number of nitrogens with one attached hydrogen (secondary N) is 1. The van der Waals surface area contributed by atoms with Gasteiger partial charge in [-0.2, -0.15) is 5.10 Å². The van der Waals surface area contributed by atoms with Gasteiger partial charge < -0.3 is 5.11 Å². The molecular weight excluding hydrogens is 302 g/mol. The molecule has 24 heavy (non-hydrogen) atoms. The second-order valence-electron chi connectivity index (χ2n) is 5.36. The van der Waals surface area contributed by atoms with Crippen LogP contribution < -0.4 is 5.43 Å². The van der Waals surface area contributed by atoms with E-state index >= 15 is 0 Å². The van der Waals surface area contributed by atoms with Crippen molar-refractivity contribution in [2.45, 2.75) is 12.8 Å². The highest BCUT2D eigenvalue weighted by Crippen LogP contribution is 2.21. The Bertz CT molecular complexity index is 876. The molecule has 0 saturated carbocycles. The molecule has 0 aliphatic carbocycles. The highest BCUT2D eigenvalue weighted by Gasteiger charge is 2.02. The number of nitrogens with zero attached hydrogens (tertiary/aromatic N) is 2. The fraction of sp³-hybridized carbons (Fsp3) is 0.105. The van der Waals surface area contributed by atoms with Gasteiger partial charge in [-0.3, -0.25) is 4.79 Å². The van der Waals surface area contributed by atoms with Crippen molar-refractivity contribution in [3.8, 4) is 5.75 Å². The molecule has 120 valence electrons. The number of para-hydroxylation sites is 1. The molecule has 0 spiro atoms. The van der Waals surface area contributed by atoms with Crippen molar-refractivity contribution < 1.29 is 9.90 Å². The Labute approximate surface area is 139 Å². The molecule has 3 aromatic rings. The molecule has 0 aliphatic heterocycles. The first-order chi connectivity index (χ1) is 11.7. The Morgan fingerprint density at radius 3 is 2.75 bits per heavy atom. The average molecular weight is 319 g/mol.